The van der Waals surface area contributed by atoms with E-state index >= 15 is 0 Å². The van der Waals surface area contributed by atoms with E-state index in [1.807, 2.05) is 0 Å². The highest BCUT2D eigenvalue weighted by Gasteiger charge is 2.41. The summed E-state index contributed by atoms with van der Waals surface area (Å²) < 4.78 is 15.9. The average Bonchev–Trinajstić information content (AvgIpc) is 3.23. The van der Waals surface area contributed by atoms with Crippen molar-refractivity contribution >= 4 is 18.0 Å². The van der Waals surface area contributed by atoms with Crippen LogP contribution in [0.2, 0.25) is 0 Å². The second-order valence-corrected chi connectivity index (χ2v) is 5.88. The number of nitrogens with zero attached hydrogens (tertiary/aromatic N) is 2. The van der Waals surface area contributed by atoms with E-state index in [-0.39, 0.29) is 16.9 Å². The topological polar surface area (TPSA) is 107 Å². The van der Waals surface area contributed by atoms with Crippen LogP contribution in [0.15, 0.2) is 47.6 Å². The number of carboxylic acid groups (broad SMARTS) is 1. The molecule has 0 saturated carbocycles. The molecule has 1 unspecified atom stereocenters. The molecule has 2 aromatic rings. The Labute approximate surface area is 161 Å². The Hall–Kier alpha value is -3.68. The summed E-state index contributed by atoms with van der Waals surface area (Å²) in [6, 6.07) is 5.94. The number of aliphatic imine (C=N–C) groups is 1. The van der Waals surface area contributed by atoms with Crippen LogP contribution in [0.5, 0.6) is 17.2 Å². The van der Waals surface area contributed by atoms with Crippen molar-refractivity contribution < 1.29 is 28.9 Å². The molecule has 0 bridgehead atoms. The predicted molar refractivity (Wildman–Crippen MR) is 101 cm³/mol. The highest BCUT2D eigenvalue weighted by atomic mass is 16.5. The number of methoxy groups -OCH3 is 3. The van der Waals surface area contributed by atoms with Crippen molar-refractivity contribution in [3.8, 4) is 17.2 Å². The Bertz CT molecular complexity index is 942. The van der Waals surface area contributed by atoms with Gasteiger partial charge >= 0.3 is 5.97 Å². The second-order valence-electron chi connectivity index (χ2n) is 5.88. The number of carbonyl (C=O) groups excluding carboxylic acids is 1. The summed E-state index contributed by atoms with van der Waals surface area (Å²) in [5, 5.41) is 9.07. The third-order valence-electron chi connectivity index (χ3n) is 4.38. The number of ketones is 1. The van der Waals surface area contributed by atoms with Crippen LogP contribution in [-0.2, 0) is 5.54 Å². The van der Waals surface area contributed by atoms with E-state index in [4.69, 9.17) is 19.3 Å². The summed E-state index contributed by atoms with van der Waals surface area (Å²) in [6.45, 7) is 0. The van der Waals surface area contributed by atoms with E-state index in [1.54, 1.807) is 24.3 Å². The van der Waals surface area contributed by atoms with Gasteiger partial charge in [0, 0.05) is 18.0 Å². The molecule has 0 aliphatic carbocycles. The molecular formula is C20H18N2O6. The Morgan fingerprint density at radius 1 is 1.00 bits per heavy atom. The minimum atomic E-state index is -1.40. The zero-order chi connectivity index (χ0) is 20.3. The summed E-state index contributed by atoms with van der Waals surface area (Å²) >= 11 is 0. The first-order chi connectivity index (χ1) is 13.5. The largest absolute Gasteiger partial charge is 0.493 e. The molecule has 8 nitrogen and oxygen atoms in total. The zero-order valence-electron chi connectivity index (χ0n) is 15.5. The molecule has 0 radical (unpaired) electrons. The van der Waals surface area contributed by atoms with Gasteiger partial charge in [-0.25, -0.2) is 4.79 Å². The number of hydrogen-bond acceptors (Lipinski definition) is 7. The zero-order valence-corrected chi connectivity index (χ0v) is 15.5. The molecule has 0 fully saturated rings. The normalized spacial score (nSPS) is 17.4. The van der Waals surface area contributed by atoms with Gasteiger partial charge in [0.2, 0.25) is 11.5 Å². The second kappa shape index (κ2) is 7.51. The summed E-state index contributed by atoms with van der Waals surface area (Å²) in [4.78, 5) is 33.0. The monoisotopic (exact) mass is 382 g/mol. The van der Waals surface area contributed by atoms with Crippen molar-refractivity contribution in [3.63, 3.8) is 0 Å². The summed E-state index contributed by atoms with van der Waals surface area (Å²) in [5.41, 5.74) is -0.796. The van der Waals surface area contributed by atoms with Gasteiger partial charge in [-0.2, -0.15) is 0 Å². The molecule has 2 heterocycles. The fourth-order valence-electron chi connectivity index (χ4n) is 2.97. The number of rotatable bonds is 7. The van der Waals surface area contributed by atoms with Crippen LogP contribution in [0.1, 0.15) is 26.4 Å². The van der Waals surface area contributed by atoms with Gasteiger partial charge in [-0.1, -0.05) is 0 Å². The van der Waals surface area contributed by atoms with Crippen LogP contribution in [0.4, 0.5) is 0 Å². The maximum absolute atomic E-state index is 13.5. The molecule has 1 aromatic carbocycles. The number of carboxylic acids is 1. The van der Waals surface area contributed by atoms with Crippen molar-refractivity contribution in [2.75, 3.05) is 21.3 Å². The fraction of sp³-hybridized carbons (Fsp3) is 0.200. The highest BCUT2D eigenvalue weighted by molar-refractivity contribution is 6.08. The van der Waals surface area contributed by atoms with Gasteiger partial charge in [0.05, 0.1) is 32.6 Å². The van der Waals surface area contributed by atoms with Crippen molar-refractivity contribution in [3.05, 3.63) is 59.4 Å². The number of hydrogen-bond donors (Lipinski definition) is 1. The summed E-state index contributed by atoms with van der Waals surface area (Å²) in [5.74, 6) is -0.437. The lowest BCUT2D eigenvalue weighted by Crippen LogP contribution is -2.32. The van der Waals surface area contributed by atoms with Crippen LogP contribution in [-0.4, -0.2) is 49.4 Å². The molecule has 1 aliphatic heterocycles. The number of allylic oxidation sites excluding steroid dienone is 1. The van der Waals surface area contributed by atoms with Crippen molar-refractivity contribution in [1.82, 2.24) is 4.98 Å². The molecule has 1 atom stereocenters. The van der Waals surface area contributed by atoms with Gasteiger partial charge in [0.25, 0.3) is 0 Å². The number of benzene rings is 1. The van der Waals surface area contributed by atoms with Gasteiger partial charge < -0.3 is 19.3 Å². The molecule has 1 N–H and O–H groups in total. The molecule has 28 heavy (non-hydrogen) atoms. The lowest BCUT2D eigenvalue weighted by atomic mass is 9.86. The first kappa shape index (κ1) is 19.1. The average molecular weight is 382 g/mol. The quantitative estimate of drug-likeness (QED) is 0.733. The molecule has 0 spiro atoms. The molecule has 0 amide bonds. The minimum Gasteiger partial charge on any atom is -0.493 e. The standard InChI is InChI=1S/C20H18N2O6/c1-26-14-9-13(10-15(27-2)17(14)28-3)18(23)20(7-4-8-22-20)16-6-5-12(11-21-16)19(24)25/h4-11H,1-3H3,(H,24,25). The van der Waals surface area contributed by atoms with Crippen LogP contribution in [0, 0.1) is 0 Å². The number of pyridine rings is 1. The number of carbonyl (C=O) groups is 2. The number of aromatic nitrogens is 1. The van der Waals surface area contributed by atoms with Gasteiger partial charge in [0.15, 0.2) is 17.0 Å². The van der Waals surface area contributed by atoms with Crippen molar-refractivity contribution in [1.29, 1.82) is 0 Å². The van der Waals surface area contributed by atoms with Crippen molar-refractivity contribution in [2.24, 2.45) is 4.99 Å². The Morgan fingerprint density at radius 2 is 1.68 bits per heavy atom. The smallest absolute Gasteiger partial charge is 0.337 e. The third kappa shape index (κ3) is 3.09. The molecule has 144 valence electrons. The Kier molecular flexibility index (Phi) is 5.12. The lowest BCUT2D eigenvalue weighted by molar-refractivity contribution is 0.0696. The van der Waals surface area contributed by atoms with E-state index in [0.29, 0.717) is 22.9 Å². The number of ether oxygens (including phenoxy) is 3. The molecule has 1 aromatic heterocycles. The predicted octanol–water partition coefficient (Wildman–Crippen LogP) is 2.52. The maximum atomic E-state index is 13.5. The van der Waals surface area contributed by atoms with Crippen LogP contribution >= 0.6 is 0 Å². The fourth-order valence-corrected chi connectivity index (χ4v) is 2.97. The molecule has 1 aliphatic rings. The maximum Gasteiger partial charge on any atom is 0.337 e. The first-order valence-electron chi connectivity index (χ1n) is 8.24. The van der Waals surface area contributed by atoms with E-state index < -0.39 is 11.5 Å². The van der Waals surface area contributed by atoms with Gasteiger partial charge in [-0.05, 0) is 36.4 Å². The van der Waals surface area contributed by atoms with Gasteiger partial charge in [-0.15, -0.1) is 0 Å². The summed E-state index contributed by atoms with van der Waals surface area (Å²) in [7, 11) is 4.39. The first-order valence-corrected chi connectivity index (χ1v) is 8.24. The number of Topliss-reactive ketones (excluding diaryl/α,β-unsaturated/α-hetero) is 1. The highest BCUT2D eigenvalue weighted by Crippen LogP contribution is 2.41. The van der Waals surface area contributed by atoms with Crippen LogP contribution in [0.3, 0.4) is 0 Å². The molecule has 3 rings (SSSR count). The molecule has 8 heteroatoms. The van der Waals surface area contributed by atoms with E-state index in [0.717, 1.165) is 0 Å². The van der Waals surface area contributed by atoms with Crippen LogP contribution in [0.25, 0.3) is 0 Å². The van der Waals surface area contributed by atoms with Gasteiger partial charge in [-0.3, -0.25) is 14.8 Å². The Balaban J connectivity index is 2.11. The molecule has 0 saturated heterocycles. The summed E-state index contributed by atoms with van der Waals surface area (Å²) in [6.07, 6.45) is 5.95. The van der Waals surface area contributed by atoms with Gasteiger partial charge in [0.1, 0.15) is 0 Å². The van der Waals surface area contributed by atoms with E-state index in [9.17, 15) is 9.59 Å². The van der Waals surface area contributed by atoms with E-state index in [1.165, 1.54) is 45.9 Å². The van der Waals surface area contributed by atoms with E-state index in [2.05, 4.69) is 9.98 Å². The third-order valence-corrected chi connectivity index (χ3v) is 4.38. The molecular weight excluding hydrogens is 364 g/mol. The Morgan fingerprint density at radius 3 is 2.11 bits per heavy atom. The number of aromatic carboxylic acids is 1. The van der Waals surface area contributed by atoms with Crippen molar-refractivity contribution in [2.45, 2.75) is 5.54 Å². The minimum absolute atomic E-state index is 0.0186. The van der Waals surface area contributed by atoms with Crippen LogP contribution < -0.4 is 14.2 Å². The SMILES string of the molecule is COc1cc(C(=O)C2(c3ccc(C(=O)O)cn3)C=CC=N2)cc(OC)c1OC. The lowest BCUT2D eigenvalue weighted by Gasteiger charge is -2.23.